The number of hydrogen-bond donors (Lipinski definition) is 1. The van der Waals surface area contributed by atoms with Gasteiger partial charge in [-0.2, -0.15) is 0 Å². The first-order chi connectivity index (χ1) is 11.0. The number of hydrogen-bond acceptors (Lipinski definition) is 1. The molecule has 1 N–H and O–H groups in total. The molecule has 116 valence electrons. The zero-order valence-electron chi connectivity index (χ0n) is 12.1. The van der Waals surface area contributed by atoms with Crippen LogP contribution in [0.15, 0.2) is 42.5 Å². The van der Waals surface area contributed by atoms with Crippen LogP contribution in [0.2, 0.25) is 10.0 Å². The van der Waals surface area contributed by atoms with Gasteiger partial charge >= 0.3 is 5.97 Å². The molecular weight excluding hydrogens is 333 g/mol. The third-order valence-corrected chi connectivity index (χ3v) is 5.02. The summed E-state index contributed by atoms with van der Waals surface area (Å²) in [6.45, 7) is 0. The van der Waals surface area contributed by atoms with Crippen molar-refractivity contribution in [2.75, 3.05) is 0 Å². The first-order valence-corrected chi connectivity index (χ1v) is 8.10. The first kappa shape index (κ1) is 14.6. The highest BCUT2D eigenvalue weighted by molar-refractivity contribution is 6.38. The number of aromatic carboxylic acids is 1. The molecule has 0 spiro atoms. The zero-order valence-corrected chi connectivity index (χ0v) is 13.6. The van der Waals surface area contributed by atoms with Crippen molar-refractivity contribution in [3.05, 3.63) is 69.3 Å². The van der Waals surface area contributed by atoms with Crippen molar-refractivity contribution >= 4 is 40.1 Å². The Balaban J connectivity index is 1.93. The molecule has 0 saturated carbocycles. The van der Waals surface area contributed by atoms with Crippen LogP contribution in [0.4, 0.5) is 0 Å². The lowest BCUT2D eigenvalue weighted by Gasteiger charge is -2.16. The highest BCUT2D eigenvalue weighted by Gasteiger charge is 2.28. The molecule has 0 saturated heterocycles. The molecule has 1 heterocycles. The molecular formula is C18H13Cl2NO2. The van der Waals surface area contributed by atoms with Crippen LogP contribution in [-0.2, 0) is 12.8 Å². The maximum Gasteiger partial charge on any atom is 0.352 e. The predicted molar refractivity (Wildman–Crippen MR) is 91.8 cm³/mol. The topological polar surface area (TPSA) is 42.2 Å². The van der Waals surface area contributed by atoms with E-state index in [0.717, 1.165) is 23.7 Å². The quantitative estimate of drug-likeness (QED) is 0.711. The highest BCUT2D eigenvalue weighted by Crippen LogP contribution is 2.37. The molecule has 0 fully saturated rings. The second-order valence-corrected chi connectivity index (χ2v) is 6.70. The van der Waals surface area contributed by atoms with Crippen LogP contribution in [0.5, 0.6) is 0 Å². The number of benzene rings is 2. The minimum absolute atomic E-state index is 0.0607. The minimum atomic E-state index is -0.954. The second kappa shape index (κ2) is 5.29. The van der Waals surface area contributed by atoms with Crippen LogP contribution >= 0.6 is 23.2 Å². The number of carbonyl (C=O) groups is 1. The van der Waals surface area contributed by atoms with E-state index in [0.29, 0.717) is 10.0 Å². The van der Waals surface area contributed by atoms with Crippen molar-refractivity contribution in [1.82, 2.24) is 4.57 Å². The largest absolute Gasteiger partial charge is 0.477 e. The molecule has 0 unspecified atom stereocenters. The molecule has 0 aliphatic heterocycles. The van der Waals surface area contributed by atoms with Crippen molar-refractivity contribution in [2.45, 2.75) is 18.9 Å². The van der Waals surface area contributed by atoms with E-state index in [2.05, 4.69) is 12.1 Å². The summed E-state index contributed by atoms with van der Waals surface area (Å²) in [6.07, 6.45) is 1.62. The van der Waals surface area contributed by atoms with Gasteiger partial charge < -0.3 is 9.67 Å². The van der Waals surface area contributed by atoms with Gasteiger partial charge in [-0.1, -0.05) is 47.5 Å². The van der Waals surface area contributed by atoms with Crippen molar-refractivity contribution < 1.29 is 9.90 Å². The van der Waals surface area contributed by atoms with Gasteiger partial charge in [-0.05, 0) is 42.2 Å². The van der Waals surface area contributed by atoms with E-state index < -0.39 is 5.97 Å². The van der Waals surface area contributed by atoms with Crippen LogP contribution in [-0.4, -0.2) is 15.6 Å². The monoisotopic (exact) mass is 345 g/mol. The summed E-state index contributed by atoms with van der Waals surface area (Å²) in [7, 11) is 0. The molecule has 5 heteroatoms. The van der Waals surface area contributed by atoms with Crippen molar-refractivity contribution in [3.63, 3.8) is 0 Å². The number of halogens is 2. The number of rotatable bonds is 2. The molecule has 1 aliphatic carbocycles. The summed E-state index contributed by atoms with van der Waals surface area (Å²) in [5.41, 5.74) is 3.56. The fraction of sp³-hybridized carbons (Fsp3) is 0.167. The number of fused-ring (bicyclic) bond motifs is 2. The molecule has 4 rings (SSSR count). The molecule has 1 aliphatic rings. The van der Waals surface area contributed by atoms with E-state index in [-0.39, 0.29) is 11.7 Å². The van der Waals surface area contributed by atoms with E-state index in [9.17, 15) is 9.90 Å². The molecule has 1 aromatic heterocycles. The summed E-state index contributed by atoms with van der Waals surface area (Å²) >= 11 is 12.4. The number of carboxylic acids is 1. The molecule has 0 atom stereocenters. The van der Waals surface area contributed by atoms with E-state index >= 15 is 0 Å². The second-order valence-electron chi connectivity index (χ2n) is 5.86. The van der Waals surface area contributed by atoms with Gasteiger partial charge in [0.05, 0.1) is 10.5 Å². The number of aromatic nitrogens is 1. The molecule has 0 bridgehead atoms. The van der Waals surface area contributed by atoms with Gasteiger partial charge in [0.1, 0.15) is 5.69 Å². The predicted octanol–water partition coefficient (Wildman–Crippen LogP) is 4.99. The smallest absolute Gasteiger partial charge is 0.352 e. The van der Waals surface area contributed by atoms with Crippen LogP contribution in [0.1, 0.15) is 27.7 Å². The third-order valence-electron chi connectivity index (χ3n) is 4.49. The number of nitrogens with zero attached hydrogens (tertiary/aromatic N) is 1. The molecule has 2 aromatic carbocycles. The summed E-state index contributed by atoms with van der Waals surface area (Å²) in [4.78, 5) is 11.7. The van der Waals surface area contributed by atoms with Crippen LogP contribution in [0.25, 0.3) is 10.9 Å². The lowest BCUT2D eigenvalue weighted by Crippen LogP contribution is -2.15. The summed E-state index contributed by atoms with van der Waals surface area (Å²) < 4.78 is 1.87. The zero-order chi connectivity index (χ0) is 16.1. The summed E-state index contributed by atoms with van der Waals surface area (Å²) in [5.74, 6) is -0.954. The maximum atomic E-state index is 11.7. The lowest BCUT2D eigenvalue weighted by molar-refractivity contribution is 0.0683. The normalized spacial score (nSPS) is 14.3. The van der Waals surface area contributed by atoms with E-state index in [4.69, 9.17) is 23.2 Å². The van der Waals surface area contributed by atoms with Gasteiger partial charge in [-0.25, -0.2) is 4.79 Å². The van der Waals surface area contributed by atoms with Gasteiger partial charge in [-0.15, -0.1) is 0 Å². The van der Waals surface area contributed by atoms with Gasteiger partial charge in [0.15, 0.2) is 0 Å². The molecule has 23 heavy (non-hydrogen) atoms. The Morgan fingerprint density at radius 1 is 1.09 bits per heavy atom. The Morgan fingerprint density at radius 2 is 1.74 bits per heavy atom. The van der Waals surface area contributed by atoms with Crippen molar-refractivity contribution in [2.24, 2.45) is 0 Å². The maximum absolute atomic E-state index is 11.7. The molecule has 3 nitrogen and oxygen atoms in total. The van der Waals surface area contributed by atoms with Gasteiger partial charge in [-0.3, -0.25) is 0 Å². The fourth-order valence-electron chi connectivity index (χ4n) is 3.53. The van der Waals surface area contributed by atoms with Gasteiger partial charge in [0.25, 0.3) is 0 Å². The average molecular weight is 346 g/mol. The van der Waals surface area contributed by atoms with Crippen LogP contribution < -0.4 is 0 Å². The average Bonchev–Trinajstić information content (AvgIpc) is 3.07. The Bertz CT molecular complexity index is 921. The van der Waals surface area contributed by atoms with Gasteiger partial charge in [0.2, 0.25) is 0 Å². The third kappa shape index (κ3) is 2.32. The Hall–Kier alpha value is -1.97. The molecule has 0 radical (unpaired) electrons. The highest BCUT2D eigenvalue weighted by atomic mass is 35.5. The summed E-state index contributed by atoms with van der Waals surface area (Å²) in [5, 5.41) is 11.3. The Labute approximate surface area is 143 Å². The van der Waals surface area contributed by atoms with Crippen LogP contribution in [0.3, 0.4) is 0 Å². The van der Waals surface area contributed by atoms with E-state index in [1.807, 2.05) is 16.7 Å². The standard InChI is InChI=1S/C18H13Cl2NO2/c19-12-7-15(20)14-9-17(18(22)23)21(16(14)8-12)13-5-10-3-1-2-4-11(10)6-13/h1-4,7-9,13H,5-6H2,(H,22,23). The van der Waals surface area contributed by atoms with E-state index in [1.54, 1.807) is 18.2 Å². The lowest BCUT2D eigenvalue weighted by atomic mass is 10.1. The minimum Gasteiger partial charge on any atom is -0.477 e. The molecule has 0 amide bonds. The van der Waals surface area contributed by atoms with Crippen molar-refractivity contribution in [3.8, 4) is 0 Å². The van der Waals surface area contributed by atoms with Crippen molar-refractivity contribution in [1.29, 1.82) is 0 Å². The van der Waals surface area contributed by atoms with Gasteiger partial charge in [0, 0.05) is 16.5 Å². The SMILES string of the molecule is O=C(O)c1cc2c(Cl)cc(Cl)cc2n1C1Cc2ccccc2C1. The first-order valence-electron chi connectivity index (χ1n) is 7.34. The Morgan fingerprint density at radius 3 is 2.35 bits per heavy atom. The van der Waals surface area contributed by atoms with E-state index in [1.165, 1.54) is 11.1 Å². The Kier molecular flexibility index (Phi) is 3.36. The number of carboxylic acid groups (broad SMARTS) is 1. The summed E-state index contributed by atoms with van der Waals surface area (Å²) in [6, 6.07) is 13.4. The fourth-order valence-corrected chi connectivity index (χ4v) is 4.06. The molecule has 3 aromatic rings. The van der Waals surface area contributed by atoms with Crippen LogP contribution in [0, 0.1) is 0 Å².